The SMILES string of the molecule is Cc1ccc(-n2nc(C#N)cc2-c2ccc(Cl)c(C)c2)cc1. The standard InChI is InChI=1S/C18H14ClN3/c1-12-3-6-16(7-4-12)22-18(10-15(11-20)21-22)14-5-8-17(19)13(2)9-14/h3-10H,1-2H3. The van der Waals surface area contributed by atoms with E-state index in [1.807, 2.05) is 56.3 Å². The highest BCUT2D eigenvalue weighted by molar-refractivity contribution is 6.31. The molecule has 0 saturated carbocycles. The molecule has 1 aromatic heterocycles. The second-order valence-electron chi connectivity index (χ2n) is 5.24. The number of nitriles is 1. The van der Waals surface area contributed by atoms with E-state index >= 15 is 0 Å². The van der Waals surface area contributed by atoms with Crippen LogP contribution in [0.5, 0.6) is 0 Å². The van der Waals surface area contributed by atoms with E-state index in [1.165, 1.54) is 5.56 Å². The minimum atomic E-state index is 0.392. The predicted octanol–water partition coefficient (Wildman–Crippen LogP) is 4.68. The van der Waals surface area contributed by atoms with Gasteiger partial charge >= 0.3 is 0 Å². The smallest absolute Gasteiger partial charge is 0.163 e. The Kier molecular flexibility index (Phi) is 3.70. The van der Waals surface area contributed by atoms with E-state index in [1.54, 1.807) is 10.7 Å². The molecule has 0 fully saturated rings. The van der Waals surface area contributed by atoms with Crippen LogP contribution in [0, 0.1) is 25.2 Å². The molecule has 0 aliphatic carbocycles. The van der Waals surface area contributed by atoms with Gasteiger partial charge in [0.15, 0.2) is 5.69 Å². The third-order valence-corrected chi connectivity index (χ3v) is 3.98. The second-order valence-corrected chi connectivity index (χ2v) is 5.65. The zero-order valence-electron chi connectivity index (χ0n) is 12.3. The number of nitrogens with zero attached hydrogens (tertiary/aromatic N) is 3. The van der Waals surface area contributed by atoms with Gasteiger partial charge in [-0.25, -0.2) is 4.68 Å². The molecule has 4 heteroatoms. The maximum Gasteiger partial charge on any atom is 0.163 e. The molecule has 0 spiro atoms. The summed E-state index contributed by atoms with van der Waals surface area (Å²) < 4.78 is 1.79. The topological polar surface area (TPSA) is 41.6 Å². The molecule has 1 heterocycles. The number of benzene rings is 2. The Bertz CT molecular complexity index is 870. The lowest BCUT2D eigenvalue weighted by Gasteiger charge is -2.09. The molecule has 3 nitrogen and oxygen atoms in total. The highest BCUT2D eigenvalue weighted by atomic mass is 35.5. The van der Waals surface area contributed by atoms with E-state index in [9.17, 15) is 0 Å². The van der Waals surface area contributed by atoms with Crippen molar-refractivity contribution in [3.8, 4) is 23.0 Å². The van der Waals surface area contributed by atoms with Gasteiger partial charge in [-0.1, -0.05) is 35.4 Å². The van der Waals surface area contributed by atoms with Gasteiger partial charge in [0.1, 0.15) is 6.07 Å². The summed E-state index contributed by atoms with van der Waals surface area (Å²) in [5.41, 5.74) is 5.35. The summed E-state index contributed by atoms with van der Waals surface area (Å²) in [4.78, 5) is 0. The lowest BCUT2D eigenvalue weighted by molar-refractivity contribution is 0.879. The summed E-state index contributed by atoms with van der Waals surface area (Å²) in [7, 11) is 0. The molecule has 3 rings (SSSR count). The Morgan fingerprint density at radius 3 is 2.41 bits per heavy atom. The van der Waals surface area contributed by atoms with Gasteiger partial charge in [0.2, 0.25) is 0 Å². The first kappa shape index (κ1) is 14.4. The van der Waals surface area contributed by atoms with Gasteiger partial charge < -0.3 is 0 Å². The fourth-order valence-corrected chi connectivity index (χ4v) is 2.45. The lowest BCUT2D eigenvalue weighted by atomic mass is 10.1. The van der Waals surface area contributed by atoms with E-state index in [0.717, 1.165) is 27.5 Å². The number of hydrogen-bond acceptors (Lipinski definition) is 2. The van der Waals surface area contributed by atoms with Crippen molar-refractivity contribution < 1.29 is 0 Å². The summed E-state index contributed by atoms with van der Waals surface area (Å²) >= 11 is 6.10. The van der Waals surface area contributed by atoms with Gasteiger partial charge in [0.25, 0.3) is 0 Å². The Morgan fingerprint density at radius 1 is 1.05 bits per heavy atom. The maximum atomic E-state index is 9.17. The Hall–Kier alpha value is -2.57. The van der Waals surface area contributed by atoms with Crippen molar-refractivity contribution in [2.45, 2.75) is 13.8 Å². The number of aromatic nitrogens is 2. The molecule has 2 aromatic carbocycles. The summed E-state index contributed by atoms with van der Waals surface area (Å²) in [5.74, 6) is 0. The fourth-order valence-electron chi connectivity index (χ4n) is 2.33. The number of rotatable bonds is 2. The summed E-state index contributed by atoms with van der Waals surface area (Å²) in [6, 6.07) is 17.8. The van der Waals surface area contributed by atoms with Crippen LogP contribution in [0.4, 0.5) is 0 Å². The third kappa shape index (κ3) is 2.61. The van der Waals surface area contributed by atoms with Crippen LogP contribution in [-0.2, 0) is 0 Å². The average molecular weight is 308 g/mol. The molecule has 108 valence electrons. The third-order valence-electron chi connectivity index (χ3n) is 3.56. The van der Waals surface area contributed by atoms with Crippen molar-refractivity contribution in [2.75, 3.05) is 0 Å². The molecule has 0 aliphatic rings. The van der Waals surface area contributed by atoms with Crippen LogP contribution in [0.15, 0.2) is 48.5 Å². The fraction of sp³-hybridized carbons (Fsp3) is 0.111. The molecule has 0 aliphatic heterocycles. The van der Waals surface area contributed by atoms with Gasteiger partial charge in [0, 0.05) is 16.7 Å². The first-order valence-electron chi connectivity index (χ1n) is 6.92. The summed E-state index contributed by atoms with van der Waals surface area (Å²) in [6.07, 6.45) is 0. The first-order chi connectivity index (χ1) is 10.6. The van der Waals surface area contributed by atoms with Crippen LogP contribution in [0.1, 0.15) is 16.8 Å². The molecule has 0 amide bonds. The van der Waals surface area contributed by atoms with Crippen LogP contribution >= 0.6 is 11.6 Å². The lowest BCUT2D eigenvalue weighted by Crippen LogP contribution is -1.99. The maximum absolute atomic E-state index is 9.17. The van der Waals surface area contributed by atoms with Gasteiger partial charge in [-0.05, 0) is 43.7 Å². The van der Waals surface area contributed by atoms with Crippen molar-refractivity contribution in [3.05, 3.63) is 70.4 Å². The van der Waals surface area contributed by atoms with Crippen LogP contribution in [0.2, 0.25) is 5.02 Å². The van der Waals surface area contributed by atoms with E-state index < -0.39 is 0 Å². The van der Waals surface area contributed by atoms with Gasteiger partial charge in [-0.2, -0.15) is 10.4 Å². The van der Waals surface area contributed by atoms with Gasteiger partial charge in [-0.15, -0.1) is 0 Å². The predicted molar refractivity (Wildman–Crippen MR) is 88.2 cm³/mol. The number of aryl methyl sites for hydroxylation is 2. The minimum absolute atomic E-state index is 0.392. The highest BCUT2D eigenvalue weighted by Crippen LogP contribution is 2.27. The molecule has 0 radical (unpaired) electrons. The Morgan fingerprint density at radius 2 is 1.77 bits per heavy atom. The first-order valence-corrected chi connectivity index (χ1v) is 7.30. The number of halogens is 1. The van der Waals surface area contributed by atoms with Crippen molar-refractivity contribution >= 4 is 11.6 Å². The molecule has 0 atom stereocenters. The molecule has 22 heavy (non-hydrogen) atoms. The van der Waals surface area contributed by atoms with Crippen molar-refractivity contribution in [1.29, 1.82) is 5.26 Å². The normalized spacial score (nSPS) is 10.5. The van der Waals surface area contributed by atoms with Crippen LogP contribution in [0.3, 0.4) is 0 Å². The average Bonchev–Trinajstić information content (AvgIpc) is 2.95. The monoisotopic (exact) mass is 307 g/mol. The van der Waals surface area contributed by atoms with E-state index in [-0.39, 0.29) is 0 Å². The number of hydrogen-bond donors (Lipinski definition) is 0. The molecular formula is C18H14ClN3. The van der Waals surface area contributed by atoms with Crippen molar-refractivity contribution in [3.63, 3.8) is 0 Å². The van der Waals surface area contributed by atoms with Gasteiger partial charge in [-0.3, -0.25) is 0 Å². The Labute approximate surface area is 134 Å². The Balaban J connectivity index is 2.18. The molecule has 0 unspecified atom stereocenters. The molecule has 0 saturated heterocycles. The zero-order chi connectivity index (χ0) is 15.7. The van der Waals surface area contributed by atoms with Crippen LogP contribution in [0.25, 0.3) is 16.9 Å². The summed E-state index contributed by atoms with van der Waals surface area (Å²) in [6.45, 7) is 4.00. The zero-order valence-corrected chi connectivity index (χ0v) is 13.1. The highest BCUT2D eigenvalue weighted by Gasteiger charge is 2.12. The van der Waals surface area contributed by atoms with Crippen LogP contribution < -0.4 is 0 Å². The van der Waals surface area contributed by atoms with Crippen molar-refractivity contribution in [2.24, 2.45) is 0 Å². The molecular weight excluding hydrogens is 294 g/mol. The largest absolute Gasteiger partial charge is 0.232 e. The van der Waals surface area contributed by atoms with Crippen LogP contribution in [-0.4, -0.2) is 9.78 Å². The second kappa shape index (κ2) is 5.67. The van der Waals surface area contributed by atoms with E-state index in [0.29, 0.717) is 5.69 Å². The molecule has 0 bridgehead atoms. The van der Waals surface area contributed by atoms with Gasteiger partial charge in [0.05, 0.1) is 11.4 Å². The quantitative estimate of drug-likeness (QED) is 0.689. The minimum Gasteiger partial charge on any atom is -0.232 e. The summed E-state index contributed by atoms with van der Waals surface area (Å²) in [5, 5.41) is 14.3. The van der Waals surface area contributed by atoms with E-state index in [4.69, 9.17) is 16.9 Å². The molecule has 3 aromatic rings. The van der Waals surface area contributed by atoms with Crippen molar-refractivity contribution in [1.82, 2.24) is 9.78 Å². The van der Waals surface area contributed by atoms with E-state index in [2.05, 4.69) is 11.2 Å². The molecule has 0 N–H and O–H groups in total.